The lowest BCUT2D eigenvalue weighted by Gasteiger charge is -2.38. The summed E-state index contributed by atoms with van der Waals surface area (Å²) in [6.45, 7) is 7.94. The number of aromatic hydroxyl groups is 1. The Morgan fingerprint density at radius 1 is 0.974 bits per heavy atom. The van der Waals surface area contributed by atoms with Gasteiger partial charge in [-0.05, 0) is 43.9 Å². The summed E-state index contributed by atoms with van der Waals surface area (Å²) in [5.41, 5.74) is 5.79. The van der Waals surface area contributed by atoms with Crippen LogP contribution >= 0.6 is 0 Å². The van der Waals surface area contributed by atoms with Gasteiger partial charge in [0.15, 0.2) is 0 Å². The summed E-state index contributed by atoms with van der Waals surface area (Å²) in [7, 11) is 0. The number of unbranched alkanes of at least 4 members (excludes halogenated alkanes) is 1. The SMILES string of the molecule is CCCC[C@@]1(NC(=O)CCCC(=O)N[C@@H](Cc2ccc(O)cc2)C(=O)O)CNCCNC[C@](C)(N)NCCN1. The lowest BCUT2D eigenvalue weighted by molar-refractivity contribution is -0.141. The van der Waals surface area contributed by atoms with E-state index >= 15 is 0 Å². The zero-order chi connectivity index (χ0) is 28.7. The fourth-order valence-corrected chi connectivity index (χ4v) is 4.48. The Bertz CT molecular complexity index is 912. The molecule has 10 N–H and O–H groups in total. The van der Waals surface area contributed by atoms with Gasteiger partial charge in [-0.2, -0.15) is 0 Å². The number of hydrogen-bond acceptors (Lipinski definition) is 9. The Hall–Kier alpha value is -2.77. The molecule has 1 aliphatic rings. The van der Waals surface area contributed by atoms with Crippen molar-refractivity contribution in [2.45, 2.75) is 76.2 Å². The number of carbonyl (C=O) groups excluding carboxylic acids is 2. The van der Waals surface area contributed by atoms with Crippen LogP contribution in [0.15, 0.2) is 24.3 Å². The summed E-state index contributed by atoms with van der Waals surface area (Å²) in [6, 6.07) is 5.07. The van der Waals surface area contributed by atoms with Gasteiger partial charge in [0.1, 0.15) is 17.5 Å². The predicted octanol–water partition coefficient (Wildman–Crippen LogP) is -0.276. The Labute approximate surface area is 231 Å². The van der Waals surface area contributed by atoms with Crippen molar-refractivity contribution >= 4 is 17.8 Å². The minimum atomic E-state index is -1.15. The highest BCUT2D eigenvalue weighted by Gasteiger charge is 2.31. The van der Waals surface area contributed by atoms with E-state index in [2.05, 4.69) is 38.8 Å². The molecule has 0 bridgehead atoms. The molecule has 1 aromatic rings. The third kappa shape index (κ3) is 12.8. The Morgan fingerprint density at radius 2 is 1.62 bits per heavy atom. The van der Waals surface area contributed by atoms with Gasteiger partial charge < -0.3 is 37.2 Å². The highest BCUT2D eigenvalue weighted by atomic mass is 16.4. The number of carbonyl (C=O) groups is 3. The number of phenols is 1. The van der Waals surface area contributed by atoms with Gasteiger partial charge >= 0.3 is 5.97 Å². The molecule has 0 aromatic heterocycles. The summed E-state index contributed by atoms with van der Waals surface area (Å²) >= 11 is 0. The summed E-state index contributed by atoms with van der Waals surface area (Å²) in [5.74, 6) is -1.66. The molecule has 2 amide bonds. The molecule has 0 spiro atoms. The zero-order valence-electron chi connectivity index (χ0n) is 23.3. The van der Waals surface area contributed by atoms with Crippen LogP contribution in [-0.4, -0.2) is 84.6 Å². The highest BCUT2D eigenvalue weighted by Crippen LogP contribution is 2.14. The predicted molar refractivity (Wildman–Crippen MR) is 150 cm³/mol. The van der Waals surface area contributed by atoms with Crippen molar-refractivity contribution < 1.29 is 24.6 Å². The van der Waals surface area contributed by atoms with E-state index in [1.54, 1.807) is 12.1 Å². The van der Waals surface area contributed by atoms with Gasteiger partial charge in [0.05, 0.1) is 5.66 Å². The summed E-state index contributed by atoms with van der Waals surface area (Å²) in [4.78, 5) is 37.1. The Morgan fingerprint density at radius 3 is 2.28 bits per heavy atom. The number of aliphatic carboxylic acids is 1. The molecule has 1 aromatic carbocycles. The number of phenolic OH excluding ortho intramolecular Hbond substituents is 1. The quantitative estimate of drug-likeness (QED) is 0.168. The number of carboxylic acids is 1. The summed E-state index contributed by atoms with van der Waals surface area (Å²) in [6.07, 6.45) is 3.20. The van der Waals surface area contributed by atoms with Gasteiger partial charge in [-0.3, -0.25) is 20.2 Å². The first-order valence-corrected chi connectivity index (χ1v) is 13.9. The van der Waals surface area contributed by atoms with E-state index in [9.17, 15) is 24.6 Å². The number of hydrogen-bond donors (Lipinski definition) is 9. The first kappa shape index (κ1) is 32.4. The Kier molecular flexibility index (Phi) is 13.6. The first-order valence-electron chi connectivity index (χ1n) is 13.9. The fraction of sp³-hybridized carbons (Fsp3) is 0.667. The van der Waals surface area contributed by atoms with Crippen LogP contribution < -0.4 is 37.6 Å². The standard InChI is InChI=1S/C27H47N7O5/c1-3-4-12-27(19-30-14-13-29-18-26(2,28)31-15-16-32-27)34-24(37)7-5-6-23(36)33-22(25(38)39)17-20-8-10-21(35)11-9-20/h8-11,22,29-32,35H,3-7,12-19,28H2,1-2H3,(H,33,36)(H,34,37)(H,38,39)/t22-,26+,27+/m0/s1. The molecule has 0 unspecified atom stereocenters. The van der Waals surface area contributed by atoms with E-state index < -0.39 is 29.2 Å². The average Bonchev–Trinajstić information content (AvgIpc) is 2.87. The highest BCUT2D eigenvalue weighted by molar-refractivity contribution is 5.84. The van der Waals surface area contributed by atoms with Crippen molar-refractivity contribution in [3.05, 3.63) is 29.8 Å². The maximum Gasteiger partial charge on any atom is 0.326 e. The van der Waals surface area contributed by atoms with Crippen molar-refractivity contribution in [3.8, 4) is 5.75 Å². The number of nitrogens with two attached hydrogens (primary N) is 1. The molecule has 1 heterocycles. The number of benzene rings is 1. The van der Waals surface area contributed by atoms with Crippen molar-refractivity contribution in [2.75, 3.05) is 39.3 Å². The lowest BCUT2D eigenvalue weighted by atomic mass is 10.0. The number of nitrogens with one attached hydrogen (secondary N) is 6. The van der Waals surface area contributed by atoms with Gasteiger partial charge in [0.25, 0.3) is 0 Å². The molecule has 0 saturated carbocycles. The summed E-state index contributed by atoms with van der Waals surface area (Å²) < 4.78 is 0. The van der Waals surface area contributed by atoms with Crippen LogP contribution in [0, 0.1) is 0 Å². The zero-order valence-corrected chi connectivity index (χ0v) is 23.3. The van der Waals surface area contributed by atoms with Crippen LogP contribution in [0.1, 0.15) is 57.9 Å². The third-order valence-electron chi connectivity index (χ3n) is 6.67. The van der Waals surface area contributed by atoms with E-state index in [1.165, 1.54) is 12.1 Å². The number of carboxylic acid groups (broad SMARTS) is 1. The van der Waals surface area contributed by atoms with Crippen molar-refractivity contribution in [2.24, 2.45) is 5.73 Å². The molecule has 0 radical (unpaired) electrons. The van der Waals surface area contributed by atoms with Crippen LogP contribution in [0.4, 0.5) is 0 Å². The second-order valence-electron chi connectivity index (χ2n) is 10.5. The summed E-state index contributed by atoms with van der Waals surface area (Å²) in [5, 5.41) is 38.3. The molecule has 1 saturated heterocycles. The van der Waals surface area contributed by atoms with Gasteiger partial charge in [0.2, 0.25) is 11.8 Å². The molecule has 1 aliphatic heterocycles. The van der Waals surface area contributed by atoms with Crippen LogP contribution in [0.5, 0.6) is 5.75 Å². The van der Waals surface area contributed by atoms with Gasteiger partial charge in [-0.25, -0.2) is 4.79 Å². The van der Waals surface area contributed by atoms with Crippen LogP contribution in [0.25, 0.3) is 0 Å². The van der Waals surface area contributed by atoms with E-state index in [1.807, 2.05) is 6.92 Å². The second kappa shape index (κ2) is 16.4. The van der Waals surface area contributed by atoms with E-state index in [0.717, 1.165) is 32.4 Å². The van der Waals surface area contributed by atoms with Gasteiger partial charge in [-0.1, -0.05) is 25.5 Å². The fourth-order valence-electron chi connectivity index (χ4n) is 4.48. The lowest BCUT2D eigenvalue weighted by Crippen LogP contribution is -2.66. The number of amides is 2. The molecular weight excluding hydrogens is 502 g/mol. The minimum Gasteiger partial charge on any atom is -0.508 e. The molecule has 12 nitrogen and oxygen atoms in total. The van der Waals surface area contributed by atoms with E-state index in [0.29, 0.717) is 31.7 Å². The van der Waals surface area contributed by atoms with Gasteiger partial charge in [0, 0.05) is 58.5 Å². The molecular formula is C27H47N7O5. The van der Waals surface area contributed by atoms with Crippen molar-refractivity contribution in [3.63, 3.8) is 0 Å². The van der Waals surface area contributed by atoms with Crippen LogP contribution in [0.3, 0.4) is 0 Å². The average molecular weight is 550 g/mol. The molecule has 1 fully saturated rings. The molecule has 0 aliphatic carbocycles. The largest absolute Gasteiger partial charge is 0.508 e. The smallest absolute Gasteiger partial charge is 0.326 e. The maximum atomic E-state index is 13.0. The molecule has 220 valence electrons. The minimum absolute atomic E-state index is 0.0328. The monoisotopic (exact) mass is 549 g/mol. The maximum absolute atomic E-state index is 13.0. The van der Waals surface area contributed by atoms with Crippen molar-refractivity contribution in [1.29, 1.82) is 0 Å². The molecule has 12 heteroatoms. The third-order valence-corrected chi connectivity index (χ3v) is 6.67. The van der Waals surface area contributed by atoms with Crippen LogP contribution in [-0.2, 0) is 20.8 Å². The van der Waals surface area contributed by atoms with Crippen LogP contribution in [0.2, 0.25) is 0 Å². The number of rotatable bonds is 12. The van der Waals surface area contributed by atoms with Crippen molar-refractivity contribution in [1.82, 2.24) is 31.9 Å². The topological polar surface area (TPSA) is 190 Å². The Balaban J connectivity index is 1.90. The normalized spacial score (nSPS) is 23.6. The van der Waals surface area contributed by atoms with Gasteiger partial charge in [-0.15, -0.1) is 0 Å². The van der Waals surface area contributed by atoms with E-state index in [4.69, 9.17) is 5.73 Å². The molecule has 2 rings (SSSR count). The van der Waals surface area contributed by atoms with E-state index in [-0.39, 0.29) is 37.3 Å². The second-order valence-corrected chi connectivity index (χ2v) is 10.5. The molecule has 39 heavy (non-hydrogen) atoms. The molecule has 3 atom stereocenters. The first-order chi connectivity index (χ1) is 18.5.